The lowest BCUT2D eigenvalue weighted by molar-refractivity contribution is 0.220. The second-order valence-corrected chi connectivity index (χ2v) is 14.4. The molecule has 0 bridgehead atoms. The molecule has 1 atom stereocenters. The Bertz CT molecular complexity index is 1690. The molecule has 3 nitrogen and oxygen atoms in total. The molecule has 0 radical (unpaired) electrons. The first-order valence-corrected chi connectivity index (χ1v) is 18.7. The SMILES string of the molecule is CCCC(CC)CCc1cccc(-c2cccc(CCc3cc(CCc4cncc(C#N)c4)c(CN4CCCCC4)cc3C)c2C)c1C. The first-order valence-electron chi connectivity index (χ1n) is 18.7. The molecule has 1 aliphatic rings. The van der Waals surface area contributed by atoms with Crippen molar-refractivity contribution in [3.8, 4) is 17.2 Å². The Morgan fingerprint density at radius 2 is 1.38 bits per heavy atom. The summed E-state index contributed by atoms with van der Waals surface area (Å²) in [5, 5.41) is 9.39. The third-order valence-corrected chi connectivity index (χ3v) is 11.0. The van der Waals surface area contributed by atoms with Crippen molar-refractivity contribution in [1.82, 2.24) is 9.88 Å². The van der Waals surface area contributed by atoms with Crippen LogP contribution in [0.4, 0.5) is 0 Å². The van der Waals surface area contributed by atoms with Crippen LogP contribution in [0, 0.1) is 38.0 Å². The predicted molar refractivity (Wildman–Crippen MR) is 202 cm³/mol. The molecule has 252 valence electrons. The van der Waals surface area contributed by atoms with Gasteiger partial charge in [0.1, 0.15) is 6.07 Å². The van der Waals surface area contributed by atoms with Gasteiger partial charge in [0.25, 0.3) is 0 Å². The Kier molecular flexibility index (Phi) is 13.0. The minimum Gasteiger partial charge on any atom is -0.299 e. The van der Waals surface area contributed by atoms with Crippen LogP contribution in [-0.2, 0) is 38.6 Å². The molecule has 3 heteroatoms. The molecule has 1 aliphatic heterocycles. The van der Waals surface area contributed by atoms with E-state index in [1.54, 1.807) is 6.20 Å². The Balaban J connectivity index is 1.35. The number of nitriles is 1. The summed E-state index contributed by atoms with van der Waals surface area (Å²) in [5.41, 5.74) is 16.2. The Hall–Kier alpha value is -3.74. The van der Waals surface area contributed by atoms with Crippen LogP contribution in [0.15, 0.2) is 67.0 Å². The quantitative estimate of drug-likeness (QED) is 0.130. The lowest BCUT2D eigenvalue weighted by atomic mass is 9.87. The van der Waals surface area contributed by atoms with E-state index in [9.17, 15) is 5.26 Å². The summed E-state index contributed by atoms with van der Waals surface area (Å²) < 4.78 is 0. The van der Waals surface area contributed by atoms with Crippen LogP contribution in [-0.4, -0.2) is 23.0 Å². The average molecular weight is 640 g/mol. The summed E-state index contributed by atoms with van der Waals surface area (Å²) in [6.07, 6.45) is 17.8. The number of pyridine rings is 1. The molecule has 0 amide bonds. The molecule has 0 N–H and O–H groups in total. The predicted octanol–water partition coefficient (Wildman–Crippen LogP) is 10.9. The van der Waals surface area contributed by atoms with Crippen molar-refractivity contribution in [2.75, 3.05) is 13.1 Å². The van der Waals surface area contributed by atoms with Crippen LogP contribution in [0.1, 0.15) is 114 Å². The van der Waals surface area contributed by atoms with Gasteiger partial charge in [0.15, 0.2) is 0 Å². The maximum Gasteiger partial charge on any atom is 0.101 e. The summed E-state index contributed by atoms with van der Waals surface area (Å²) in [7, 11) is 0. The number of aryl methyl sites for hydroxylation is 6. The van der Waals surface area contributed by atoms with Crippen molar-refractivity contribution in [3.63, 3.8) is 0 Å². The minimum absolute atomic E-state index is 0.641. The molecular formula is C45H57N3. The van der Waals surface area contributed by atoms with Gasteiger partial charge >= 0.3 is 0 Å². The van der Waals surface area contributed by atoms with Crippen LogP contribution >= 0.6 is 0 Å². The van der Waals surface area contributed by atoms with Crippen LogP contribution in [0.2, 0.25) is 0 Å². The van der Waals surface area contributed by atoms with E-state index in [-0.39, 0.29) is 0 Å². The molecule has 1 fully saturated rings. The smallest absolute Gasteiger partial charge is 0.101 e. The second-order valence-electron chi connectivity index (χ2n) is 14.4. The highest BCUT2D eigenvalue weighted by Crippen LogP contribution is 2.32. The molecule has 1 aromatic heterocycles. The molecular weight excluding hydrogens is 583 g/mol. The highest BCUT2D eigenvalue weighted by Gasteiger charge is 2.17. The number of nitrogens with zero attached hydrogens (tertiary/aromatic N) is 3. The third kappa shape index (κ3) is 9.24. The fourth-order valence-corrected chi connectivity index (χ4v) is 7.92. The lowest BCUT2D eigenvalue weighted by Gasteiger charge is -2.28. The summed E-state index contributed by atoms with van der Waals surface area (Å²) in [4.78, 5) is 6.96. The van der Waals surface area contributed by atoms with E-state index in [1.165, 1.54) is 120 Å². The van der Waals surface area contributed by atoms with Gasteiger partial charge in [0, 0.05) is 18.9 Å². The zero-order valence-electron chi connectivity index (χ0n) is 30.4. The van der Waals surface area contributed by atoms with E-state index < -0.39 is 0 Å². The average Bonchev–Trinajstić information content (AvgIpc) is 3.11. The van der Waals surface area contributed by atoms with Gasteiger partial charge in [-0.05, 0) is 158 Å². The van der Waals surface area contributed by atoms with Crippen molar-refractivity contribution in [2.24, 2.45) is 5.92 Å². The van der Waals surface area contributed by atoms with Crippen molar-refractivity contribution < 1.29 is 0 Å². The highest BCUT2D eigenvalue weighted by atomic mass is 15.1. The molecule has 2 heterocycles. The standard InChI is InChI=1S/C45H57N3/c1-6-13-36(7-2)18-20-39-14-11-16-44(34(39)4)45-17-12-15-40(35(45)5)22-23-41-28-42(21-19-37-27-38(29-46)31-47-30-37)43(26-33(41)3)32-48-24-9-8-10-25-48/h11-12,14-17,26-28,30-31,36H,6-10,13,18-25,32H2,1-5H3. The number of rotatable bonds is 15. The Morgan fingerprint density at radius 3 is 2.04 bits per heavy atom. The molecule has 4 aromatic rings. The second kappa shape index (κ2) is 17.6. The maximum atomic E-state index is 9.39. The summed E-state index contributed by atoms with van der Waals surface area (Å²) in [5.74, 6) is 0.831. The van der Waals surface area contributed by atoms with Gasteiger partial charge in [-0.15, -0.1) is 0 Å². The van der Waals surface area contributed by atoms with Crippen LogP contribution in [0.5, 0.6) is 0 Å². The fraction of sp³-hybridized carbons (Fsp3) is 0.467. The Morgan fingerprint density at radius 1 is 0.708 bits per heavy atom. The van der Waals surface area contributed by atoms with Crippen molar-refractivity contribution >= 4 is 0 Å². The molecule has 1 unspecified atom stereocenters. The molecule has 0 saturated carbocycles. The summed E-state index contributed by atoms with van der Waals surface area (Å²) in [6, 6.07) is 23.1. The van der Waals surface area contributed by atoms with Gasteiger partial charge < -0.3 is 0 Å². The monoisotopic (exact) mass is 639 g/mol. The number of likely N-dealkylation sites (tertiary alicyclic amines) is 1. The van der Waals surface area contributed by atoms with Gasteiger partial charge in [-0.1, -0.05) is 88.1 Å². The molecule has 1 saturated heterocycles. The summed E-state index contributed by atoms with van der Waals surface area (Å²) in [6.45, 7) is 15.1. The van der Waals surface area contributed by atoms with Crippen molar-refractivity contribution in [3.05, 3.63) is 123 Å². The zero-order chi connectivity index (χ0) is 33.9. The van der Waals surface area contributed by atoms with Gasteiger partial charge in [-0.25, -0.2) is 0 Å². The van der Waals surface area contributed by atoms with Gasteiger partial charge in [-0.3, -0.25) is 9.88 Å². The first kappa shape index (κ1) is 35.6. The fourth-order valence-electron chi connectivity index (χ4n) is 7.92. The molecule has 0 aliphatic carbocycles. The maximum absolute atomic E-state index is 9.39. The van der Waals surface area contributed by atoms with Crippen molar-refractivity contribution in [1.29, 1.82) is 5.26 Å². The Labute approximate surface area is 291 Å². The van der Waals surface area contributed by atoms with Crippen LogP contribution in [0.3, 0.4) is 0 Å². The summed E-state index contributed by atoms with van der Waals surface area (Å²) >= 11 is 0. The van der Waals surface area contributed by atoms with E-state index in [0.717, 1.165) is 43.7 Å². The van der Waals surface area contributed by atoms with E-state index in [2.05, 4.69) is 99.1 Å². The van der Waals surface area contributed by atoms with Gasteiger partial charge in [0.05, 0.1) is 5.56 Å². The zero-order valence-corrected chi connectivity index (χ0v) is 30.4. The lowest BCUT2D eigenvalue weighted by Crippen LogP contribution is -2.29. The normalized spacial score (nSPS) is 14.2. The van der Waals surface area contributed by atoms with Crippen LogP contribution < -0.4 is 0 Å². The molecule has 48 heavy (non-hydrogen) atoms. The van der Waals surface area contributed by atoms with Crippen LogP contribution in [0.25, 0.3) is 11.1 Å². The molecule has 0 spiro atoms. The number of hydrogen-bond acceptors (Lipinski definition) is 3. The number of hydrogen-bond donors (Lipinski definition) is 0. The van der Waals surface area contributed by atoms with Gasteiger partial charge in [-0.2, -0.15) is 5.26 Å². The van der Waals surface area contributed by atoms with Crippen molar-refractivity contribution in [2.45, 2.75) is 118 Å². The number of aromatic nitrogens is 1. The van der Waals surface area contributed by atoms with E-state index in [4.69, 9.17) is 0 Å². The van der Waals surface area contributed by atoms with E-state index >= 15 is 0 Å². The topological polar surface area (TPSA) is 39.9 Å². The molecule has 5 rings (SSSR count). The largest absolute Gasteiger partial charge is 0.299 e. The first-order chi connectivity index (χ1) is 23.4. The number of benzene rings is 3. The van der Waals surface area contributed by atoms with Gasteiger partial charge in [0.2, 0.25) is 0 Å². The molecule has 3 aromatic carbocycles. The van der Waals surface area contributed by atoms with E-state index in [0.29, 0.717) is 5.56 Å². The third-order valence-electron chi connectivity index (χ3n) is 11.0. The minimum atomic E-state index is 0.641. The highest BCUT2D eigenvalue weighted by molar-refractivity contribution is 5.72. The number of piperidine rings is 1. The van der Waals surface area contributed by atoms with E-state index in [1.807, 2.05) is 12.3 Å².